The molecule has 1 amide bonds. The van der Waals surface area contributed by atoms with Crippen molar-refractivity contribution < 1.29 is 18.0 Å². The average molecular weight is 387 g/mol. The molecule has 0 bridgehead atoms. The van der Waals surface area contributed by atoms with Crippen molar-refractivity contribution in [2.24, 2.45) is 0 Å². The predicted octanol–water partition coefficient (Wildman–Crippen LogP) is 4.91. The van der Waals surface area contributed by atoms with E-state index in [-0.39, 0.29) is 18.4 Å². The highest BCUT2D eigenvalue weighted by Crippen LogP contribution is 2.29. The van der Waals surface area contributed by atoms with Crippen molar-refractivity contribution in [3.05, 3.63) is 77.7 Å². The van der Waals surface area contributed by atoms with Crippen LogP contribution in [0.4, 0.5) is 13.2 Å². The Kier molecular flexibility index (Phi) is 5.82. The van der Waals surface area contributed by atoms with E-state index in [4.69, 9.17) is 0 Å². The van der Waals surface area contributed by atoms with Crippen LogP contribution in [0, 0.1) is 0 Å². The first kappa shape index (κ1) is 19.7. The molecule has 3 rings (SSSR count). The second kappa shape index (κ2) is 8.29. The smallest absolute Gasteiger partial charge is 0.346 e. The van der Waals surface area contributed by atoms with Gasteiger partial charge in [-0.15, -0.1) is 0 Å². The largest absolute Gasteiger partial charge is 0.416 e. The third-order valence-corrected chi connectivity index (χ3v) is 4.37. The number of imidazole rings is 1. The van der Waals surface area contributed by atoms with Gasteiger partial charge in [-0.2, -0.15) is 13.2 Å². The summed E-state index contributed by atoms with van der Waals surface area (Å²) in [6.45, 7) is 1.90. The first-order chi connectivity index (χ1) is 13.4. The summed E-state index contributed by atoms with van der Waals surface area (Å²) < 4.78 is 38.5. The van der Waals surface area contributed by atoms with E-state index in [0.717, 1.165) is 23.4 Å². The van der Waals surface area contributed by atoms with Crippen molar-refractivity contribution in [3.63, 3.8) is 0 Å². The number of hydrogen-bond acceptors (Lipinski definition) is 2. The number of nitrogens with zero attached hydrogens (tertiary/aromatic N) is 1. The summed E-state index contributed by atoms with van der Waals surface area (Å²) in [5, 5.41) is 2.84. The molecule has 28 heavy (non-hydrogen) atoms. The molecule has 0 radical (unpaired) electrons. The van der Waals surface area contributed by atoms with E-state index >= 15 is 0 Å². The van der Waals surface area contributed by atoms with Crippen molar-refractivity contribution in [1.82, 2.24) is 15.3 Å². The maximum Gasteiger partial charge on any atom is 0.416 e. The molecule has 0 spiro atoms. The lowest BCUT2D eigenvalue weighted by Crippen LogP contribution is -2.30. The number of aromatic amines is 1. The fraction of sp³-hybridized carbons (Fsp3) is 0.238. The summed E-state index contributed by atoms with van der Waals surface area (Å²) in [6, 6.07) is 14.1. The molecule has 0 aliphatic heterocycles. The van der Waals surface area contributed by atoms with Gasteiger partial charge in [-0.3, -0.25) is 4.79 Å². The Morgan fingerprint density at radius 2 is 1.89 bits per heavy atom. The van der Waals surface area contributed by atoms with Crippen LogP contribution in [0.15, 0.2) is 60.8 Å². The number of rotatable bonds is 6. The number of amides is 1. The van der Waals surface area contributed by atoms with Crippen LogP contribution >= 0.6 is 0 Å². The van der Waals surface area contributed by atoms with Crippen LogP contribution < -0.4 is 5.32 Å². The molecule has 146 valence electrons. The summed E-state index contributed by atoms with van der Waals surface area (Å²) in [4.78, 5) is 19.9. The number of aromatic nitrogens is 2. The van der Waals surface area contributed by atoms with Gasteiger partial charge in [0.2, 0.25) is 5.91 Å². The van der Waals surface area contributed by atoms with E-state index in [1.54, 1.807) is 6.20 Å². The van der Waals surface area contributed by atoms with Gasteiger partial charge in [-0.25, -0.2) is 4.98 Å². The second-order valence-corrected chi connectivity index (χ2v) is 6.45. The third-order valence-electron chi connectivity index (χ3n) is 4.37. The molecule has 0 aliphatic carbocycles. The summed E-state index contributed by atoms with van der Waals surface area (Å²) in [5.41, 5.74) is 1.36. The van der Waals surface area contributed by atoms with E-state index < -0.39 is 11.7 Å². The fourth-order valence-electron chi connectivity index (χ4n) is 2.93. The lowest BCUT2D eigenvalue weighted by Gasteiger charge is -2.15. The zero-order valence-corrected chi connectivity index (χ0v) is 15.3. The van der Waals surface area contributed by atoms with Crippen molar-refractivity contribution in [1.29, 1.82) is 0 Å². The van der Waals surface area contributed by atoms with Gasteiger partial charge >= 0.3 is 6.18 Å². The van der Waals surface area contributed by atoms with Crippen LogP contribution in [-0.4, -0.2) is 15.9 Å². The number of hydrogen-bond donors (Lipinski definition) is 2. The Bertz CT molecular complexity index is 935. The summed E-state index contributed by atoms with van der Waals surface area (Å²) in [6.07, 6.45) is -2.27. The minimum absolute atomic E-state index is 0.132. The highest BCUT2D eigenvalue weighted by Gasteiger charge is 2.30. The van der Waals surface area contributed by atoms with E-state index in [0.29, 0.717) is 17.8 Å². The maximum absolute atomic E-state index is 12.8. The average Bonchev–Trinajstić information content (AvgIpc) is 3.16. The Hall–Kier alpha value is -3.09. The van der Waals surface area contributed by atoms with Crippen molar-refractivity contribution in [3.8, 4) is 11.3 Å². The Morgan fingerprint density at radius 1 is 1.14 bits per heavy atom. The Labute approximate surface area is 160 Å². The lowest BCUT2D eigenvalue weighted by atomic mass is 10.1. The number of carbonyl (C=O) groups excluding carboxylic acids is 1. The number of alkyl halides is 3. The molecule has 1 unspecified atom stereocenters. The van der Waals surface area contributed by atoms with Gasteiger partial charge in [0.15, 0.2) is 0 Å². The van der Waals surface area contributed by atoms with Gasteiger partial charge in [-0.1, -0.05) is 55.5 Å². The van der Waals surface area contributed by atoms with Crippen molar-refractivity contribution in [2.75, 3.05) is 0 Å². The second-order valence-electron chi connectivity index (χ2n) is 6.45. The summed E-state index contributed by atoms with van der Waals surface area (Å²) in [5.74, 6) is 0.252. The van der Waals surface area contributed by atoms with Gasteiger partial charge < -0.3 is 10.3 Å². The topological polar surface area (TPSA) is 57.8 Å². The van der Waals surface area contributed by atoms with Gasteiger partial charge in [0.1, 0.15) is 5.82 Å². The molecule has 0 fully saturated rings. The van der Waals surface area contributed by atoms with Crippen LogP contribution in [0.1, 0.15) is 36.3 Å². The molecule has 7 heteroatoms. The number of benzene rings is 2. The van der Waals surface area contributed by atoms with Crippen LogP contribution in [-0.2, 0) is 17.4 Å². The van der Waals surface area contributed by atoms with Crippen LogP contribution in [0.25, 0.3) is 11.3 Å². The normalized spacial score (nSPS) is 12.6. The highest BCUT2D eigenvalue weighted by atomic mass is 19.4. The minimum atomic E-state index is -4.43. The molecule has 1 atom stereocenters. The molecular weight excluding hydrogens is 367 g/mol. The molecule has 1 aromatic heterocycles. The molecule has 2 N–H and O–H groups in total. The monoisotopic (exact) mass is 387 g/mol. The van der Waals surface area contributed by atoms with Crippen LogP contribution in [0.2, 0.25) is 0 Å². The Balaban J connectivity index is 1.68. The summed E-state index contributed by atoms with van der Waals surface area (Å²) in [7, 11) is 0. The molecule has 3 aromatic rings. The number of H-pyrrole nitrogens is 1. The van der Waals surface area contributed by atoms with Crippen LogP contribution in [0.5, 0.6) is 0 Å². The van der Waals surface area contributed by atoms with Gasteiger partial charge in [0, 0.05) is 0 Å². The zero-order chi connectivity index (χ0) is 20.1. The van der Waals surface area contributed by atoms with Crippen molar-refractivity contribution in [2.45, 2.75) is 32.0 Å². The molecular formula is C21H20F3N3O. The highest BCUT2D eigenvalue weighted by molar-refractivity contribution is 5.79. The molecule has 0 saturated carbocycles. The zero-order valence-electron chi connectivity index (χ0n) is 15.3. The SMILES string of the molecule is CCC(NC(=O)Cc1cccc(C(F)(F)F)c1)c1ncc(-c2ccccc2)[nH]1. The summed E-state index contributed by atoms with van der Waals surface area (Å²) >= 11 is 0. The predicted molar refractivity (Wildman–Crippen MR) is 100 cm³/mol. The molecule has 4 nitrogen and oxygen atoms in total. The molecule has 1 heterocycles. The molecule has 2 aromatic carbocycles. The van der Waals surface area contributed by atoms with Gasteiger partial charge in [0.25, 0.3) is 0 Å². The van der Waals surface area contributed by atoms with E-state index in [1.807, 2.05) is 37.3 Å². The fourth-order valence-corrected chi connectivity index (χ4v) is 2.93. The number of carbonyl (C=O) groups is 1. The Morgan fingerprint density at radius 3 is 2.57 bits per heavy atom. The first-order valence-electron chi connectivity index (χ1n) is 8.92. The van der Waals surface area contributed by atoms with Crippen LogP contribution in [0.3, 0.4) is 0 Å². The van der Waals surface area contributed by atoms with Gasteiger partial charge in [-0.05, 0) is 23.6 Å². The van der Waals surface area contributed by atoms with E-state index in [9.17, 15) is 18.0 Å². The molecule has 0 aliphatic rings. The lowest BCUT2D eigenvalue weighted by molar-refractivity contribution is -0.137. The van der Waals surface area contributed by atoms with Gasteiger partial charge in [0.05, 0.1) is 29.9 Å². The van der Waals surface area contributed by atoms with Crippen molar-refractivity contribution >= 4 is 5.91 Å². The minimum Gasteiger partial charge on any atom is -0.346 e. The maximum atomic E-state index is 12.8. The van der Waals surface area contributed by atoms with E-state index in [1.165, 1.54) is 12.1 Å². The first-order valence-corrected chi connectivity index (χ1v) is 8.92. The number of halogens is 3. The van der Waals surface area contributed by atoms with E-state index in [2.05, 4.69) is 15.3 Å². The molecule has 0 saturated heterocycles. The standard InChI is InChI=1S/C21H20F3N3O/c1-2-17(20-25-13-18(27-20)15-8-4-3-5-9-15)26-19(28)12-14-7-6-10-16(11-14)21(22,23)24/h3-11,13,17H,2,12H2,1H3,(H,25,27)(H,26,28). The quantitative estimate of drug-likeness (QED) is 0.632. The third kappa shape index (κ3) is 4.79. The number of nitrogens with one attached hydrogen (secondary N) is 2.